The standard InChI is InChI=1S/C15H14N4O2S/c1-10(2-7-14(20)21)18-19-15-17-13(9-22-15)12-5-3-11(8-16)4-6-12/h3-6,9H,2,7H2,1H3,(H,17,19)(H,20,21)/b18-10+. The minimum Gasteiger partial charge on any atom is -0.481 e. The zero-order valence-corrected chi connectivity index (χ0v) is 12.7. The van der Waals surface area contributed by atoms with Gasteiger partial charge in [0.15, 0.2) is 0 Å². The number of rotatable bonds is 6. The first-order chi connectivity index (χ1) is 10.6. The molecule has 0 aliphatic carbocycles. The number of nitriles is 1. The Kier molecular flexibility index (Phi) is 5.22. The van der Waals surface area contributed by atoms with Crippen LogP contribution in [0.1, 0.15) is 25.3 Å². The van der Waals surface area contributed by atoms with Crippen molar-refractivity contribution in [3.63, 3.8) is 0 Å². The van der Waals surface area contributed by atoms with E-state index in [0.717, 1.165) is 11.3 Å². The first-order valence-corrected chi connectivity index (χ1v) is 7.43. The molecule has 0 aliphatic rings. The minimum absolute atomic E-state index is 0.0609. The van der Waals surface area contributed by atoms with Crippen LogP contribution in [0, 0.1) is 11.3 Å². The number of nitrogens with one attached hydrogen (secondary N) is 1. The maximum atomic E-state index is 10.5. The SMILES string of the molecule is C/C(CCC(=O)O)=N\Nc1nc(-c2ccc(C#N)cc2)cs1. The van der Waals surface area contributed by atoms with Crippen LogP contribution in [0.3, 0.4) is 0 Å². The Morgan fingerprint density at radius 1 is 1.41 bits per heavy atom. The molecule has 1 aromatic heterocycles. The lowest BCUT2D eigenvalue weighted by Crippen LogP contribution is -2.02. The van der Waals surface area contributed by atoms with Gasteiger partial charge in [0.05, 0.1) is 23.7 Å². The molecule has 2 rings (SSSR count). The van der Waals surface area contributed by atoms with E-state index in [0.29, 0.717) is 22.8 Å². The molecule has 7 heteroatoms. The topological polar surface area (TPSA) is 98.4 Å². The van der Waals surface area contributed by atoms with Crippen molar-refractivity contribution in [3.8, 4) is 17.3 Å². The molecule has 0 saturated heterocycles. The van der Waals surface area contributed by atoms with Crippen molar-refractivity contribution < 1.29 is 9.90 Å². The Morgan fingerprint density at radius 3 is 2.77 bits per heavy atom. The highest BCUT2D eigenvalue weighted by molar-refractivity contribution is 7.14. The van der Waals surface area contributed by atoms with Gasteiger partial charge >= 0.3 is 5.97 Å². The fourth-order valence-electron chi connectivity index (χ4n) is 1.66. The molecule has 0 fully saturated rings. The van der Waals surface area contributed by atoms with E-state index >= 15 is 0 Å². The second-order valence-corrected chi connectivity index (χ2v) is 5.44. The van der Waals surface area contributed by atoms with Gasteiger partial charge in [0, 0.05) is 16.7 Å². The molecule has 1 heterocycles. The smallest absolute Gasteiger partial charge is 0.303 e. The van der Waals surface area contributed by atoms with E-state index in [1.807, 2.05) is 17.5 Å². The molecule has 2 N–H and O–H groups in total. The molecule has 6 nitrogen and oxygen atoms in total. The summed E-state index contributed by atoms with van der Waals surface area (Å²) in [5, 5.41) is 24.0. The van der Waals surface area contributed by atoms with Crippen molar-refractivity contribution in [2.24, 2.45) is 5.10 Å². The molecule has 22 heavy (non-hydrogen) atoms. The molecule has 0 atom stereocenters. The van der Waals surface area contributed by atoms with Crippen molar-refractivity contribution in [1.82, 2.24) is 4.98 Å². The summed E-state index contributed by atoms with van der Waals surface area (Å²) in [6.07, 6.45) is 0.460. The first kappa shape index (κ1) is 15.7. The van der Waals surface area contributed by atoms with Crippen LogP contribution in [0.5, 0.6) is 0 Å². The van der Waals surface area contributed by atoms with Crippen molar-refractivity contribution in [2.45, 2.75) is 19.8 Å². The van der Waals surface area contributed by atoms with Gasteiger partial charge in [-0.15, -0.1) is 11.3 Å². The predicted molar refractivity (Wildman–Crippen MR) is 85.9 cm³/mol. The lowest BCUT2D eigenvalue weighted by atomic mass is 10.1. The van der Waals surface area contributed by atoms with Crippen LogP contribution in [0.2, 0.25) is 0 Å². The number of carboxylic acids is 1. The Morgan fingerprint density at radius 2 is 2.14 bits per heavy atom. The van der Waals surface area contributed by atoms with Crippen LogP contribution >= 0.6 is 11.3 Å². The molecular formula is C15H14N4O2S. The Labute approximate surface area is 131 Å². The highest BCUT2D eigenvalue weighted by atomic mass is 32.1. The van der Waals surface area contributed by atoms with E-state index in [1.54, 1.807) is 19.1 Å². The number of anilines is 1. The molecule has 0 bridgehead atoms. The number of benzene rings is 1. The number of hydrogen-bond donors (Lipinski definition) is 2. The maximum absolute atomic E-state index is 10.5. The fourth-order valence-corrected chi connectivity index (χ4v) is 2.32. The fraction of sp³-hybridized carbons (Fsp3) is 0.200. The summed E-state index contributed by atoms with van der Waals surface area (Å²) < 4.78 is 0. The third kappa shape index (κ3) is 4.40. The number of carbonyl (C=O) groups is 1. The molecular weight excluding hydrogens is 300 g/mol. The Hall–Kier alpha value is -2.72. The van der Waals surface area contributed by atoms with Crippen molar-refractivity contribution in [3.05, 3.63) is 35.2 Å². The maximum Gasteiger partial charge on any atom is 0.303 e. The van der Waals surface area contributed by atoms with Gasteiger partial charge in [-0.1, -0.05) is 12.1 Å². The van der Waals surface area contributed by atoms with Crippen LogP contribution < -0.4 is 5.43 Å². The van der Waals surface area contributed by atoms with E-state index in [4.69, 9.17) is 10.4 Å². The summed E-state index contributed by atoms with van der Waals surface area (Å²) in [5.74, 6) is -0.841. The lowest BCUT2D eigenvalue weighted by molar-refractivity contribution is -0.136. The molecule has 0 unspecified atom stereocenters. The molecule has 112 valence electrons. The normalized spacial score (nSPS) is 11.0. The zero-order valence-electron chi connectivity index (χ0n) is 11.9. The van der Waals surface area contributed by atoms with Crippen molar-refractivity contribution >= 4 is 28.1 Å². The van der Waals surface area contributed by atoms with Crippen molar-refractivity contribution in [2.75, 3.05) is 5.43 Å². The molecule has 2 aromatic rings. The zero-order chi connectivity index (χ0) is 15.9. The van der Waals surface area contributed by atoms with Gasteiger partial charge < -0.3 is 5.11 Å². The van der Waals surface area contributed by atoms with Gasteiger partial charge in [-0.2, -0.15) is 10.4 Å². The number of aliphatic carboxylic acids is 1. The van der Waals surface area contributed by atoms with Gasteiger partial charge in [-0.05, 0) is 25.5 Å². The number of thiazole rings is 1. The van der Waals surface area contributed by atoms with E-state index in [2.05, 4.69) is 21.6 Å². The summed E-state index contributed by atoms with van der Waals surface area (Å²) in [5.41, 5.74) is 5.87. The Balaban J connectivity index is 2.00. The second-order valence-electron chi connectivity index (χ2n) is 4.58. The number of hydrogen-bond acceptors (Lipinski definition) is 6. The number of hydrazone groups is 1. The minimum atomic E-state index is -0.841. The molecule has 0 amide bonds. The van der Waals surface area contributed by atoms with E-state index in [9.17, 15) is 4.79 Å². The Bertz CT molecular complexity index is 729. The van der Waals surface area contributed by atoms with E-state index < -0.39 is 5.97 Å². The number of nitrogens with zero attached hydrogens (tertiary/aromatic N) is 3. The van der Waals surface area contributed by atoms with E-state index in [1.165, 1.54) is 11.3 Å². The van der Waals surface area contributed by atoms with Crippen LogP contribution in [0.4, 0.5) is 5.13 Å². The number of aromatic nitrogens is 1. The van der Waals surface area contributed by atoms with Gasteiger partial charge in [-0.3, -0.25) is 10.2 Å². The van der Waals surface area contributed by atoms with Gasteiger partial charge in [0.2, 0.25) is 5.13 Å². The second kappa shape index (κ2) is 7.33. The molecule has 0 spiro atoms. The average molecular weight is 314 g/mol. The third-order valence-corrected chi connectivity index (χ3v) is 3.60. The summed E-state index contributed by atoms with van der Waals surface area (Å²) in [4.78, 5) is 14.9. The summed E-state index contributed by atoms with van der Waals surface area (Å²) in [6, 6.07) is 9.26. The summed E-state index contributed by atoms with van der Waals surface area (Å²) >= 11 is 1.41. The first-order valence-electron chi connectivity index (χ1n) is 6.55. The molecule has 0 radical (unpaired) electrons. The third-order valence-electron chi connectivity index (χ3n) is 2.86. The molecule has 0 aliphatic heterocycles. The van der Waals surface area contributed by atoms with Crippen LogP contribution in [-0.4, -0.2) is 21.8 Å². The highest BCUT2D eigenvalue weighted by Gasteiger charge is 2.05. The molecule has 1 aromatic carbocycles. The lowest BCUT2D eigenvalue weighted by Gasteiger charge is -1.99. The van der Waals surface area contributed by atoms with E-state index in [-0.39, 0.29) is 6.42 Å². The summed E-state index contributed by atoms with van der Waals surface area (Å²) in [6.45, 7) is 1.77. The number of carboxylic acid groups (broad SMARTS) is 1. The van der Waals surface area contributed by atoms with Crippen LogP contribution in [0.15, 0.2) is 34.7 Å². The largest absolute Gasteiger partial charge is 0.481 e. The quantitative estimate of drug-likeness (QED) is 0.629. The van der Waals surface area contributed by atoms with Gasteiger partial charge in [0.25, 0.3) is 0 Å². The van der Waals surface area contributed by atoms with Gasteiger partial charge in [-0.25, -0.2) is 4.98 Å². The highest BCUT2D eigenvalue weighted by Crippen LogP contribution is 2.25. The van der Waals surface area contributed by atoms with Crippen LogP contribution in [0.25, 0.3) is 11.3 Å². The molecule has 0 saturated carbocycles. The predicted octanol–water partition coefficient (Wildman–Crippen LogP) is 3.33. The van der Waals surface area contributed by atoms with Crippen molar-refractivity contribution in [1.29, 1.82) is 5.26 Å². The van der Waals surface area contributed by atoms with Gasteiger partial charge in [0.1, 0.15) is 0 Å². The van der Waals surface area contributed by atoms with Crippen LogP contribution in [-0.2, 0) is 4.79 Å². The summed E-state index contributed by atoms with van der Waals surface area (Å²) in [7, 11) is 0. The average Bonchev–Trinajstić information content (AvgIpc) is 3.00. The monoisotopic (exact) mass is 314 g/mol.